The first-order chi connectivity index (χ1) is 8.77. The zero-order valence-corrected chi connectivity index (χ0v) is 11.5. The van der Waals surface area contributed by atoms with Crippen molar-refractivity contribution in [1.29, 1.82) is 0 Å². The van der Waals surface area contributed by atoms with Crippen LogP contribution in [0.15, 0.2) is 24.3 Å². The third-order valence-corrected chi connectivity index (χ3v) is 3.27. The SMILES string of the molecule is CCCCCCCCC(=O)c1ccc(CN)cc1. The Kier molecular flexibility index (Phi) is 7.35. The summed E-state index contributed by atoms with van der Waals surface area (Å²) in [5, 5.41) is 0. The highest BCUT2D eigenvalue weighted by Gasteiger charge is 2.04. The molecule has 18 heavy (non-hydrogen) atoms. The molecule has 0 amide bonds. The van der Waals surface area contributed by atoms with Crippen LogP contribution in [0, 0.1) is 0 Å². The number of carbonyl (C=O) groups excluding carboxylic acids is 1. The van der Waals surface area contributed by atoms with Crippen molar-refractivity contribution in [3.05, 3.63) is 35.4 Å². The van der Waals surface area contributed by atoms with Gasteiger partial charge in [0.1, 0.15) is 0 Å². The maximum Gasteiger partial charge on any atom is 0.162 e. The molecule has 1 aromatic rings. The highest BCUT2D eigenvalue weighted by Crippen LogP contribution is 2.11. The summed E-state index contributed by atoms with van der Waals surface area (Å²) in [6, 6.07) is 7.66. The molecule has 0 atom stereocenters. The van der Waals surface area contributed by atoms with E-state index in [9.17, 15) is 4.79 Å². The minimum Gasteiger partial charge on any atom is -0.326 e. The third kappa shape index (κ3) is 5.46. The Bertz CT molecular complexity index is 343. The van der Waals surface area contributed by atoms with Crippen molar-refractivity contribution in [1.82, 2.24) is 0 Å². The molecule has 2 nitrogen and oxygen atoms in total. The molecule has 0 radical (unpaired) electrons. The van der Waals surface area contributed by atoms with Gasteiger partial charge in [0.25, 0.3) is 0 Å². The quantitative estimate of drug-likeness (QED) is 0.528. The van der Waals surface area contributed by atoms with Crippen LogP contribution >= 0.6 is 0 Å². The summed E-state index contributed by atoms with van der Waals surface area (Å²) in [5.74, 6) is 0.258. The highest BCUT2D eigenvalue weighted by atomic mass is 16.1. The molecular weight excluding hydrogens is 222 g/mol. The molecule has 1 aromatic carbocycles. The molecule has 0 unspecified atom stereocenters. The standard InChI is InChI=1S/C16H25NO/c1-2-3-4-5-6-7-8-16(18)15-11-9-14(13-17)10-12-15/h9-12H,2-8,13,17H2,1H3. The molecule has 0 fully saturated rings. The lowest BCUT2D eigenvalue weighted by Crippen LogP contribution is -2.01. The molecule has 0 heterocycles. The van der Waals surface area contributed by atoms with Gasteiger partial charge in [0.15, 0.2) is 5.78 Å². The lowest BCUT2D eigenvalue weighted by Gasteiger charge is -2.03. The molecule has 0 aromatic heterocycles. The second-order valence-corrected chi connectivity index (χ2v) is 4.84. The van der Waals surface area contributed by atoms with E-state index < -0.39 is 0 Å². The van der Waals surface area contributed by atoms with Gasteiger partial charge in [-0.05, 0) is 12.0 Å². The topological polar surface area (TPSA) is 43.1 Å². The zero-order valence-electron chi connectivity index (χ0n) is 11.5. The smallest absolute Gasteiger partial charge is 0.162 e. The molecule has 0 bridgehead atoms. The minimum absolute atomic E-state index is 0.258. The monoisotopic (exact) mass is 247 g/mol. The number of benzene rings is 1. The molecular formula is C16H25NO. The Labute approximate surface area is 111 Å². The van der Waals surface area contributed by atoms with Gasteiger partial charge in [0.05, 0.1) is 0 Å². The van der Waals surface area contributed by atoms with E-state index >= 15 is 0 Å². The summed E-state index contributed by atoms with van der Waals surface area (Å²) in [7, 11) is 0. The molecule has 0 aliphatic rings. The Hall–Kier alpha value is -1.15. The van der Waals surface area contributed by atoms with Crippen molar-refractivity contribution < 1.29 is 4.79 Å². The van der Waals surface area contributed by atoms with Crippen molar-refractivity contribution in [3.8, 4) is 0 Å². The van der Waals surface area contributed by atoms with Crippen molar-refractivity contribution in [2.24, 2.45) is 5.73 Å². The first-order valence-electron chi connectivity index (χ1n) is 7.10. The van der Waals surface area contributed by atoms with Crippen molar-refractivity contribution >= 4 is 5.78 Å². The second kappa shape index (κ2) is 8.87. The lowest BCUT2D eigenvalue weighted by atomic mass is 10.0. The number of rotatable bonds is 9. The van der Waals surface area contributed by atoms with Gasteiger partial charge in [0.2, 0.25) is 0 Å². The summed E-state index contributed by atoms with van der Waals surface area (Å²) < 4.78 is 0. The lowest BCUT2D eigenvalue weighted by molar-refractivity contribution is 0.0979. The van der Waals surface area contributed by atoms with Crippen LogP contribution < -0.4 is 5.73 Å². The number of Topliss-reactive ketones (excluding diaryl/α,β-unsaturated/α-hetero) is 1. The first kappa shape index (κ1) is 14.9. The molecule has 0 aliphatic carbocycles. The number of unbranched alkanes of at least 4 members (excludes halogenated alkanes) is 5. The van der Waals surface area contributed by atoms with E-state index in [0.29, 0.717) is 13.0 Å². The molecule has 0 aliphatic heterocycles. The van der Waals surface area contributed by atoms with Crippen LogP contribution in [0.5, 0.6) is 0 Å². The van der Waals surface area contributed by atoms with Crippen LogP contribution in [0.2, 0.25) is 0 Å². The fraction of sp³-hybridized carbons (Fsp3) is 0.562. The van der Waals surface area contributed by atoms with Crippen LogP contribution in [-0.4, -0.2) is 5.78 Å². The van der Waals surface area contributed by atoms with Crippen LogP contribution in [0.4, 0.5) is 0 Å². The highest BCUT2D eigenvalue weighted by molar-refractivity contribution is 5.96. The Morgan fingerprint density at radius 2 is 1.61 bits per heavy atom. The number of ketones is 1. The first-order valence-corrected chi connectivity index (χ1v) is 7.10. The number of hydrogen-bond acceptors (Lipinski definition) is 2. The van der Waals surface area contributed by atoms with Crippen LogP contribution in [0.1, 0.15) is 67.8 Å². The second-order valence-electron chi connectivity index (χ2n) is 4.84. The summed E-state index contributed by atoms with van der Waals surface area (Å²) in [6.07, 6.45) is 8.01. The maximum absolute atomic E-state index is 11.9. The van der Waals surface area contributed by atoms with Gasteiger partial charge in [-0.3, -0.25) is 4.79 Å². The molecule has 0 saturated heterocycles. The molecule has 100 valence electrons. The van der Waals surface area contributed by atoms with E-state index in [-0.39, 0.29) is 5.78 Å². The fourth-order valence-electron chi connectivity index (χ4n) is 2.04. The van der Waals surface area contributed by atoms with Crippen LogP contribution in [0.3, 0.4) is 0 Å². The van der Waals surface area contributed by atoms with E-state index in [1.807, 2.05) is 24.3 Å². The predicted octanol–water partition coefficient (Wildman–Crippen LogP) is 4.08. The summed E-state index contributed by atoms with van der Waals surface area (Å²) in [4.78, 5) is 11.9. The Morgan fingerprint density at radius 1 is 1.00 bits per heavy atom. The molecule has 0 saturated carbocycles. The van der Waals surface area contributed by atoms with E-state index in [2.05, 4.69) is 6.92 Å². The zero-order chi connectivity index (χ0) is 13.2. The van der Waals surface area contributed by atoms with Crippen molar-refractivity contribution in [3.63, 3.8) is 0 Å². The average Bonchev–Trinajstić information content (AvgIpc) is 2.42. The molecule has 2 N–H and O–H groups in total. The fourth-order valence-corrected chi connectivity index (χ4v) is 2.04. The average molecular weight is 247 g/mol. The number of carbonyl (C=O) groups is 1. The van der Waals surface area contributed by atoms with Gasteiger partial charge < -0.3 is 5.73 Å². The third-order valence-electron chi connectivity index (χ3n) is 3.27. The maximum atomic E-state index is 11.9. The summed E-state index contributed by atoms with van der Waals surface area (Å²) in [6.45, 7) is 2.75. The van der Waals surface area contributed by atoms with E-state index in [1.54, 1.807) is 0 Å². The van der Waals surface area contributed by atoms with Crippen LogP contribution in [-0.2, 0) is 6.54 Å². The van der Waals surface area contributed by atoms with Gasteiger partial charge in [-0.2, -0.15) is 0 Å². The summed E-state index contributed by atoms with van der Waals surface area (Å²) in [5.41, 5.74) is 7.42. The summed E-state index contributed by atoms with van der Waals surface area (Å²) >= 11 is 0. The van der Waals surface area contributed by atoms with Gasteiger partial charge in [-0.25, -0.2) is 0 Å². The van der Waals surface area contributed by atoms with E-state index in [0.717, 1.165) is 17.5 Å². The van der Waals surface area contributed by atoms with Crippen molar-refractivity contribution in [2.45, 2.75) is 58.4 Å². The van der Waals surface area contributed by atoms with Gasteiger partial charge in [-0.15, -0.1) is 0 Å². The van der Waals surface area contributed by atoms with E-state index in [1.165, 1.54) is 32.1 Å². The van der Waals surface area contributed by atoms with Gasteiger partial charge in [-0.1, -0.05) is 63.3 Å². The normalized spacial score (nSPS) is 10.6. The van der Waals surface area contributed by atoms with Gasteiger partial charge in [0, 0.05) is 18.5 Å². The molecule has 1 rings (SSSR count). The number of nitrogens with two attached hydrogens (primary N) is 1. The Morgan fingerprint density at radius 3 is 2.22 bits per heavy atom. The Balaban J connectivity index is 2.23. The van der Waals surface area contributed by atoms with E-state index in [4.69, 9.17) is 5.73 Å². The van der Waals surface area contributed by atoms with Gasteiger partial charge >= 0.3 is 0 Å². The largest absolute Gasteiger partial charge is 0.326 e. The van der Waals surface area contributed by atoms with Crippen LogP contribution in [0.25, 0.3) is 0 Å². The molecule has 0 spiro atoms. The number of hydrogen-bond donors (Lipinski definition) is 1. The van der Waals surface area contributed by atoms with Crippen molar-refractivity contribution in [2.75, 3.05) is 0 Å². The minimum atomic E-state index is 0.258. The molecule has 2 heteroatoms. The predicted molar refractivity (Wildman–Crippen MR) is 76.7 cm³/mol.